The number of rotatable bonds is 5. The average molecular weight is 219 g/mol. The van der Waals surface area contributed by atoms with Gasteiger partial charge in [-0.2, -0.15) is 5.26 Å². The van der Waals surface area contributed by atoms with Crippen molar-refractivity contribution in [2.75, 3.05) is 26.4 Å². The molecule has 0 spiro atoms. The zero-order chi connectivity index (χ0) is 11.2. The van der Waals surface area contributed by atoms with Crippen LogP contribution < -0.4 is 5.32 Å². The van der Waals surface area contributed by atoms with Gasteiger partial charge in [0.1, 0.15) is 0 Å². The molecule has 0 unspecified atom stereocenters. The Morgan fingerprint density at radius 2 is 2.14 bits per heavy atom. The molecule has 0 aliphatic rings. The zero-order valence-electron chi connectivity index (χ0n) is 8.15. The third kappa shape index (κ3) is 4.20. The molecule has 0 aliphatic carbocycles. The second-order valence-corrected chi connectivity index (χ2v) is 4.73. The number of sulfonamides is 1. The molecule has 0 aromatic heterocycles. The molecule has 0 fully saturated rings. The van der Waals surface area contributed by atoms with Gasteiger partial charge in [-0.3, -0.25) is 4.79 Å². The van der Waals surface area contributed by atoms with Crippen molar-refractivity contribution in [2.45, 2.75) is 6.42 Å². The summed E-state index contributed by atoms with van der Waals surface area (Å²) in [6, 6.07) is 1.56. The first kappa shape index (κ1) is 12.9. The van der Waals surface area contributed by atoms with Crippen molar-refractivity contribution < 1.29 is 13.2 Å². The van der Waals surface area contributed by atoms with Crippen LogP contribution in [0.15, 0.2) is 0 Å². The lowest BCUT2D eigenvalue weighted by molar-refractivity contribution is -0.120. The van der Waals surface area contributed by atoms with Gasteiger partial charge in [-0.15, -0.1) is 0 Å². The SMILES string of the molecule is CNC(=O)CCN(C)S(=O)(=O)CC#N. The van der Waals surface area contributed by atoms with Gasteiger partial charge in [-0.25, -0.2) is 12.7 Å². The van der Waals surface area contributed by atoms with Crippen LogP contribution in [0.3, 0.4) is 0 Å². The molecule has 0 radical (unpaired) electrons. The number of nitriles is 1. The fraction of sp³-hybridized carbons (Fsp3) is 0.714. The number of carbonyl (C=O) groups excluding carboxylic acids is 1. The van der Waals surface area contributed by atoms with Crippen LogP contribution in [0.1, 0.15) is 6.42 Å². The minimum atomic E-state index is -3.52. The lowest BCUT2D eigenvalue weighted by Gasteiger charge is -2.13. The maximum atomic E-state index is 11.2. The van der Waals surface area contributed by atoms with Crippen LogP contribution in [0.4, 0.5) is 0 Å². The lowest BCUT2D eigenvalue weighted by Crippen LogP contribution is -2.32. The van der Waals surface area contributed by atoms with E-state index >= 15 is 0 Å². The van der Waals surface area contributed by atoms with E-state index in [-0.39, 0.29) is 18.9 Å². The normalized spacial score (nSPS) is 11.0. The highest BCUT2D eigenvalue weighted by Gasteiger charge is 2.17. The number of hydrogen-bond donors (Lipinski definition) is 1. The molecule has 14 heavy (non-hydrogen) atoms. The molecule has 0 aliphatic heterocycles. The predicted molar refractivity (Wildman–Crippen MR) is 50.7 cm³/mol. The topological polar surface area (TPSA) is 90.3 Å². The number of hydrogen-bond acceptors (Lipinski definition) is 4. The van der Waals surface area contributed by atoms with Gasteiger partial charge in [0.25, 0.3) is 0 Å². The Kier molecular flexibility index (Phi) is 5.12. The first-order valence-electron chi connectivity index (χ1n) is 3.95. The van der Waals surface area contributed by atoms with Crippen LogP contribution in [0.5, 0.6) is 0 Å². The van der Waals surface area contributed by atoms with Gasteiger partial charge < -0.3 is 5.32 Å². The van der Waals surface area contributed by atoms with E-state index in [9.17, 15) is 13.2 Å². The highest BCUT2D eigenvalue weighted by atomic mass is 32.2. The summed E-state index contributed by atoms with van der Waals surface area (Å²) in [5.74, 6) is -0.791. The molecule has 0 atom stereocenters. The Bertz CT molecular complexity index is 331. The minimum Gasteiger partial charge on any atom is -0.359 e. The van der Waals surface area contributed by atoms with Gasteiger partial charge in [-0.1, -0.05) is 0 Å². The van der Waals surface area contributed by atoms with Crippen LogP contribution in [-0.4, -0.2) is 45.0 Å². The van der Waals surface area contributed by atoms with E-state index in [2.05, 4.69) is 5.32 Å². The molecule has 1 N–H and O–H groups in total. The van der Waals surface area contributed by atoms with Crippen LogP contribution >= 0.6 is 0 Å². The quantitative estimate of drug-likeness (QED) is 0.636. The molecule has 0 bridgehead atoms. The van der Waals surface area contributed by atoms with Crippen LogP contribution in [-0.2, 0) is 14.8 Å². The van der Waals surface area contributed by atoms with Crippen LogP contribution in [0, 0.1) is 11.3 Å². The maximum absolute atomic E-state index is 11.2. The van der Waals surface area contributed by atoms with E-state index in [0.717, 1.165) is 4.31 Å². The standard InChI is InChI=1S/C7H13N3O3S/c1-9-7(11)3-5-10(2)14(12,13)6-4-8/h3,5-6H2,1-2H3,(H,9,11). The predicted octanol–water partition coefficient (Wildman–Crippen LogP) is -1.09. The van der Waals surface area contributed by atoms with E-state index < -0.39 is 15.8 Å². The Morgan fingerprint density at radius 3 is 2.57 bits per heavy atom. The van der Waals surface area contributed by atoms with Gasteiger partial charge in [0.15, 0.2) is 5.75 Å². The zero-order valence-corrected chi connectivity index (χ0v) is 8.97. The fourth-order valence-electron chi connectivity index (χ4n) is 0.715. The largest absolute Gasteiger partial charge is 0.359 e. The third-order valence-corrected chi connectivity index (χ3v) is 3.28. The van der Waals surface area contributed by atoms with Crippen LogP contribution in [0.25, 0.3) is 0 Å². The van der Waals surface area contributed by atoms with E-state index in [0.29, 0.717) is 0 Å². The highest BCUT2D eigenvalue weighted by Crippen LogP contribution is 1.98. The van der Waals surface area contributed by atoms with Crippen molar-refractivity contribution in [1.82, 2.24) is 9.62 Å². The first-order chi connectivity index (χ1) is 6.44. The van der Waals surface area contributed by atoms with Crippen molar-refractivity contribution in [3.05, 3.63) is 0 Å². The van der Waals surface area contributed by atoms with Crippen molar-refractivity contribution in [2.24, 2.45) is 0 Å². The number of nitrogens with one attached hydrogen (secondary N) is 1. The van der Waals surface area contributed by atoms with E-state index in [4.69, 9.17) is 5.26 Å². The Morgan fingerprint density at radius 1 is 1.57 bits per heavy atom. The summed E-state index contributed by atoms with van der Waals surface area (Å²) in [7, 11) is -0.701. The Balaban J connectivity index is 4.16. The summed E-state index contributed by atoms with van der Waals surface area (Å²) >= 11 is 0. The van der Waals surface area contributed by atoms with Crippen molar-refractivity contribution in [3.63, 3.8) is 0 Å². The molecular formula is C7H13N3O3S. The van der Waals surface area contributed by atoms with E-state index in [1.165, 1.54) is 14.1 Å². The van der Waals surface area contributed by atoms with Crippen molar-refractivity contribution in [1.29, 1.82) is 5.26 Å². The van der Waals surface area contributed by atoms with Gasteiger partial charge in [0.05, 0.1) is 6.07 Å². The number of nitrogens with zero attached hydrogens (tertiary/aromatic N) is 2. The average Bonchev–Trinajstić information content (AvgIpc) is 2.13. The first-order valence-corrected chi connectivity index (χ1v) is 5.56. The molecule has 80 valence electrons. The van der Waals surface area contributed by atoms with Crippen molar-refractivity contribution >= 4 is 15.9 Å². The van der Waals surface area contributed by atoms with E-state index in [1.54, 1.807) is 6.07 Å². The lowest BCUT2D eigenvalue weighted by atomic mass is 10.4. The highest BCUT2D eigenvalue weighted by molar-refractivity contribution is 7.89. The summed E-state index contributed by atoms with van der Waals surface area (Å²) in [4.78, 5) is 10.8. The Hall–Kier alpha value is -1.13. The van der Waals surface area contributed by atoms with Gasteiger partial charge in [0.2, 0.25) is 15.9 Å². The van der Waals surface area contributed by atoms with Gasteiger partial charge in [-0.05, 0) is 0 Å². The fourth-order valence-corrected chi connectivity index (χ4v) is 1.47. The second kappa shape index (κ2) is 5.57. The molecule has 0 rings (SSSR count). The summed E-state index contributed by atoms with van der Waals surface area (Å²) in [6.45, 7) is 0.0870. The van der Waals surface area contributed by atoms with Crippen LogP contribution in [0.2, 0.25) is 0 Å². The molecule has 0 saturated heterocycles. The summed E-state index contributed by atoms with van der Waals surface area (Å²) in [5.41, 5.74) is 0. The van der Waals surface area contributed by atoms with E-state index in [1.807, 2.05) is 0 Å². The molecule has 6 nitrogen and oxygen atoms in total. The molecule has 0 aromatic rings. The monoisotopic (exact) mass is 219 g/mol. The summed E-state index contributed by atoms with van der Waals surface area (Å²) in [5, 5.41) is 10.6. The Labute approximate surface area is 83.6 Å². The van der Waals surface area contributed by atoms with Gasteiger partial charge >= 0.3 is 0 Å². The molecule has 1 amide bonds. The number of carbonyl (C=O) groups is 1. The molecule has 0 saturated carbocycles. The molecule has 0 heterocycles. The number of amides is 1. The second-order valence-electron chi connectivity index (χ2n) is 2.66. The third-order valence-electron chi connectivity index (χ3n) is 1.65. The summed E-state index contributed by atoms with van der Waals surface area (Å²) in [6.07, 6.45) is 0.0949. The van der Waals surface area contributed by atoms with Crippen molar-refractivity contribution in [3.8, 4) is 6.07 Å². The minimum absolute atomic E-state index is 0.0870. The van der Waals surface area contributed by atoms with Gasteiger partial charge in [0, 0.05) is 27.1 Å². The maximum Gasteiger partial charge on any atom is 0.227 e. The molecular weight excluding hydrogens is 206 g/mol. The smallest absolute Gasteiger partial charge is 0.227 e. The summed E-state index contributed by atoms with van der Waals surface area (Å²) < 4.78 is 23.4. The molecule has 0 aromatic carbocycles. The molecule has 7 heteroatoms.